The van der Waals surface area contributed by atoms with Crippen LogP contribution in [0.4, 0.5) is 5.69 Å². The number of nitrogens with one attached hydrogen (secondary N) is 2. The summed E-state index contributed by atoms with van der Waals surface area (Å²) in [6, 6.07) is 31.3. The Morgan fingerprint density at radius 2 is 1.40 bits per heavy atom. The van der Waals surface area contributed by atoms with E-state index < -0.39 is 22.0 Å². The first kappa shape index (κ1) is 25.0. The van der Waals surface area contributed by atoms with Gasteiger partial charge >= 0.3 is 0 Å². The molecule has 0 unspecified atom stereocenters. The second-order valence-corrected chi connectivity index (χ2v) is 11.0. The van der Waals surface area contributed by atoms with Crippen LogP contribution in [-0.2, 0) is 21.2 Å². The summed E-state index contributed by atoms with van der Waals surface area (Å²) in [5, 5.41) is 3.35. The van der Waals surface area contributed by atoms with Crippen LogP contribution in [0, 0.1) is 0 Å². The molecule has 35 heavy (non-hydrogen) atoms. The SMILES string of the molecule is O=C(Nc1ccccc1Sc1ccccc1)[C@H](Cc1ccccc1)NS(=O)(=O)c1ccc(Cl)cc1. The summed E-state index contributed by atoms with van der Waals surface area (Å²) in [7, 11) is -3.97. The molecule has 0 aromatic heterocycles. The molecule has 0 aliphatic heterocycles. The highest BCUT2D eigenvalue weighted by Crippen LogP contribution is 2.33. The van der Waals surface area contributed by atoms with E-state index in [-0.39, 0.29) is 11.3 Å². The van der Waals surface area contributed by atoms with E-state index in [1.165, 1.54) is 36.0 Å². The molecular formula is C27H23ClN2O3S2. The summed E-state index contributed by atoms with van der Waals surface area (Å²) in [5.41, 5.74) is 1.44. The van der Waals surface area contributed by atoms with Gasteiger partial charge in [-0.25, -0.2) is 8.42 Å². The molecule has 0 saturated heterocycles. The van der Waals surface area contributed by atoms with Crippen molar-refractivity contribution in [3.8, 4) is 0 Å². The van der Waals surface area contributed by atoms with Crippen molar-refractivity contribution < 1.29 is 13.2 Å². The predicted molar refractivity (Wildman–Crippen MR) is 141 cm³/mol. The number of carbonyl (C=O) groups excluding carboxylic acids is 1. The zero-order valence-electron chi connectivity index (χ0n) is 18.6. The van der Waals surface area contributed by atoms with E-state index >= 15 is 0 Å². The Kier molecular flexibility index (Phi) is 8.25. The Hall–Kier alpha value is -3.10. The molecule has 8 heteroatoms. The molecule has 4 rings (SSSR count). The molecule has 4 aromatic carbocycles. The predicted octanol–water partition coefficient (Wildman–Crippen LogP) is 6.02. The first-order chi connectivity index (χ1) is 16.9. The Morgan fingerprint density at radius 1 is 0.800 bits per heavy atom. The number of hydrogen-bond acceptors (Lipinski definition) is 4. The molecule has 0 aliphatic carbocycles. The average molecular weight is 523 g/mol. The summed E-state index contributed by atoms with van der Waals surface area (Å²) in [6.07, 6.45) is 0.188. The number of halogens is 1. The Balaban J connectivity index is 1.59. The zero-order chi connectivity index (χ0) is 24.7. The fourth-order valence-corrected chi connectivity index (χ4v) is 5.65. The number of hydrogen-bond donors (Lipinski definition) is 2. The monoisotopic (exact) mass is 522 g/mol. The van der Waals surface area contributed by atoms with Crippen LogP contribution in [0.15, 0.2) is 124 Å². The fourth-order valence-electron chi connectivity index (χ4n) is 3.40. The molecule has 0 heterocycles. The summed E-state index contributed by atoms with van der Waals surface area (Å²) in [5.74, 6) is -0.451. The molecule has 0 bridgehead atoms. The minimum atomic E-state index is -3.97. The maximum absolute atomic E-state index is 13.4. The maximum Gasteiger partial charge on any atom is 0.242 e. The van der Waals surface area contributed by atoms with Gasteiger partial charge in [0.05, 0.1) is 10.6 Å². The molecular weight excluding hydrogens is 500 g/mol. The minimum absolute atomic E-state index is 0.0350. The van der Waals surface area contributed by atoms with Crippen molar-refractivity contribution in [2.45, 2.75) is 27.1 Å². The lowest BCUT2D eigenvalue weighted by atomic mass is 10.1. The van der Waals surface area contributed by atoms with Gasteiger partial charge in [-0.2, -0.15) is 4.72 Å². The number of sulfonamides is 1. The van der Waals surface area contributed by atoms with Gasteiger partial charge < -0.3 is 5.32 Å². The Morgan fingerprint density at radius 3 is 2.09 bits per heavy atom. The highest BCUT2D eigenvalue weighted by Gasteiger charge is 2.27. The fraction of sp³-hybridized carbons (Fsp3) is 0.0741. The maximum atomic E-state index is 13.4. The summed E-state index contributed by atoms with van der Waals surface area (Å²) in [4.78, 5) is 15.3. The number of carbonyl (C=O) groups is 1. The lowest BCUT2D eigenvalue weighted by Gasteiger charge is -2.20. The van der Waals surface area contributed by atoms with Gasteiger partial charge in [0.15, 0.2) is 0 Å². The molecule has 1 atom stereocenters. The molecule has 0 fully saturated rings. The molecule has 0 saturated carbocycles. The van der Waals surface area contributed by atoms with E-state index in [0.29, 0.717) is 10.7 Å². The number of amides is 1. The third kappa shape index (κ3) is 6.96. The van der Waals surface area contributed by atoms with Gasteiger partial charge in [0.1, 0.15) is 6.04 Å². The third-order valence-electron chi connectivity index (χ3n) is 5.14. The van der Waals surface area contributed by atoms with Crippen LogP contribution in [0.2, 0.25) is 5.02 Å². The topological polar surface area (TPSA) is 75.3 Å². The van der Waals surface area contributed by atoms with Crippen LogP contribution >= 0.6 is 23.4 Å². The normalized spacial score (nSPS) is 12.1. The van der Waals surface area contributed by atoms with Crippen molar-refractivity contribution in [3.05, 3.63) is 120 Å². The molecule has 5 nitrogen and oxygen atoms in total. The summed E-state index contributed by atoms with van der Waals surface area (Å²) < 4.78 is 28.7. The zero-order valence-corrected chi connectivity index (χ0v) is 21.0. The van der Waals surface area contributed by atoms with Gasteiger partial charge in [-0.3, -0.25) is 4.79 Å². The molecule has 178 valence electrons. The molecule has 2 N–H and O–H groups in total. The lowest BCUT2D eigenvalue weighted by Crippen LogP contribution is -2.45. The van der Waals surface area contributed by atoms with Gasteiger partial charge in [0.2, 0.25) is 15.9 Å². The van der Waals surface area contributed by atoms with E-state index in [1.54, 1.807) is 6.07 Å². The summed E-state index contributed by atoms with van der Waals surface area (Å²) in [6.45, 7) is 0. The van der Waals surface area contributed by atoms with E-state index in [2.05, 4.69) is 10.0 Å². The van der Waals surface area contributed by atoms with Crippen LogP contribution in [-0.4, -0.2) is 20.4 Å². The largest absolute Gasteiger partial charge is 0.324 e. The smallest absolute Gasteiger partial charge is 0.242 e. The van der Waals surface area contributed by atoms with Gasteiger partial charge in [0.25, 0.3) is 0 Å². The lowest BCUT2D eigenvalue weighted by molar-refractivity contribution is -0.117. The van der Waals surface area contributed by atoms with Gasteiger partial charge in [-0.15, -0.1) is 0 Å². The minimum Gasteiger partial charge on any atom is -0.324 e. The second-order valence-electron chi connectivity index (χ2n) is 7.72. The second kappa shape index (κ2) is 11.6. The van der Waals surface area contributed by atoms with Gasteiger partial charge in [-0.1, -0.05) is 84.0 Å². The highest BCUT2D eigenvalue weighted by molar-refractivity contribution is 7.99. The van der Waals surface area contributed by atoms with Crippen molar-refractivity contribution in [1.29, 1.82) is 0 Å². The first-order valence-electron chi connectivity index (χ1n) is 10.9. The van der Waals surface area contributed by atoms with Gasteiger partial charge in [-0.05, 0) is 60.5 Å². The van der Waals surface area contributed by atoms with Crippen LogP contribution in [0.3, 0.4) is 0 Å². The van der Waals surface area contributed by atoms with Crippen molar-refractivity contribution in [2.75, 3.05) is 5.32 Å². The molecule has 0 radical (unpaired) electrons. The number of rotatable bonds is 9. The number of anilines is 1. The Labute approximate surface area is 214 Å². The van der Waals surface area contributed by atoms with E-state index in [9.17, 15) is 13.2 Å². The summed E-state index contributed by atoms with van der Waals surface area (Å²) >= 11 is 7.42. The van der Waals surface area contributed by atoms with Crippen molar-refractivity contribution >= 4 is 45.0 Å². The van der Waals surface area contributed by atoms with Crippen molar-refractivity contribution in [2.24, 2.45) is 0 Å². The van der Waals surface area contributed by atoms with Gasteiger partial charge in [0, 0.05) is 14.8 Å². The van der Waals surface area contributed by atoms with Crippen LogP contribution in [0.25, 0.3) is 0 Å². The van der Waals surface area contributed by atoms with E-state index in [0.717, 1.165) is 15.4 Å². The quantitative estimate of drug-likeness (QED) is 0.282. The van der Waals surface area contributed by atoms with Crippen molar-refractivity contribution in [1.82, 2.24) is 4.72 Å². The molecule has 4 aromatic rings. The van der Waals surface area contributed by atoms with Crippen LogP contribution in [0.1, 0.15) is 5.56 Å². The molecule has 0 spiro atoms. The van der Waals surface area contributed by atoms with Crippen LogP contribution < -0.4 is 10.0 Å². The van der Waals surface area contributed by atoms with Crippen LogP contribution in [0.5, 0.6) is 0 Å². The Bertz CT molecular complexity index is 1380. The number of benzene rings is 4. The molecule has 1 amide bonds. The molecule has 0 aliphatic rings. The van der Waals surface area contributed by atoms with Crippen molar-refractivity contribution in [3.63, 3.8) is 0 Å². The average Bonchev–Trinajstić information content (AvgIpc) is 2.86. The highest BCUT2D eigenvalue weighted by atomic mass is 35.5. The van der Waals surface area contributed by atoms with E-state index in [1.807, 2.05) is 78.9 Å². The first-order valence-corrected chi connectivity index (χ1v) is 13.5. The standard InChI is InChI=1S/C27H23ClN2O3S2/c28-21-15-17-23(18-16-21)35(32,33)30-25(19-20-9-3-1-4-10-20)27(31)29-24-13-7-8-14-26(24)34-22-11-5-2-6-12-22/h1-18,25,30H,19H2,(H,29,31)/t25-/m0/s1. The van der Waals surface area contributed by atoms with E-state index in [4.69, 9.17) is 11.6 Å². The third-order valence-corrected chi connectivity index (χ3v) is 7.96. The number of para-hydroxylation sites is 1.